The summed E-state index contributed by atoms with van der Waals surface area (Å²) < 4.78 is 2.56. The molecule has 0 radical (unpaired) electrons. The van der Waals surface area contributed by atoms with E-state index in [1.807, 2.05) is 42.5 Å². The van der Waals surface area contributed by atoms with E-state index in [0.29, 0.717) is 0 Å². The maximum atomic E-state index is 12.0. The SMILES string of the molecule is Cn1nnn(-c2ccccc2CSc2ccccc2)c1=O. The van der Waals surface area contributed by atoms with E-state index in [4.69, 9.17) is 0 Å². The van der Waals surface area contributed by atoms with E-state index in [9.17, 15) is 4.79 Å². The minimum Gasteiger partial charge on any atom is -0.244 e. The molecular weight excluding hydrogens is 284 g/mol. The van der Waals surface area contributed by atoms with Gasteiger partial charge in [0.1, 0.15) is 0 Å². The monoisotopic (exact) mass is 298 g/mol. The van der Waals surface area contributed by atoms with Crippen LogP contribution in [0.3, 0.4) is 0 Å². The molecule has 21 heavy (non-hydrogen) atoms. The van der Waals surface area contributed by atoms with E-state index in [1.165, 1.54) is 14.3 Å². The summed E-state index contributed by atoms with van der Waals surface area (Å²) in [7, 11) is 1.59. The summed E-state index contributed by atoms with van der Waals surface area (Å²) in [5, 5.41) is 7.67. The zero-order valence-electron chi connectivity index (χ0n) is 11.5. The van der Waals surface area contributed by atoms with E-state index in [-0.39, 0.29) is 5.69 Å². The van der Waals surface area contributed by atoms with Crippen LogP contribution in [0.25, 0.3) is 5.69 Å². The Morgan fingerprint density at radius 1 is 1.00 bits per heavy atom. The standard InChI is InChI=1S/C15H14N4OS/c1-18-15(20)19(17-16-18)14-10-6-5-7-12(14)11-21-13-8-3-2-4-9-13/h2-10H,11H2,1H3. The van der Waals surface area contributed by atoms with Crippen LogP contribution in [0.15, 0.2) is 64.3 Å². The van der Waals surface area contributed by atoms with Crippen molar-refractivity contribution in [1.82, 2.24) is 19.8 Å². The summed E-state index contributed by atoms with van der Waals surface area (Å²) in [6.45, 7) is 0. The van der Waals surface area contributed by atoms with Gasteiger partial charge in [0, 0.05) is 17.7 Å². The Balaban J connectivity index is 1.90. The van der Waals surface area contributed by atoms with Crippen molar-refractivity contribution in [3.05, 3.63) is 70.6 Å². The second-order valence-corrected chi connectivity index (χ2v) is 5.58. The van der Waals surface area contributed by atoms with Gasteiger partial charge in [0.15, 0.2) is 0 Å². The summed E-state index contributed by atoms with van der Waals surface area (Å²) in [4.78, 5) is 13.2. The average molecular weight is 298 g/mol. The molecule has 0 fully saturated rings. The van der Waals surface area contributed by atoms with E-state index in [2.05, 4.69) is 22.6 Å². The van der Waals surface area contributed by atoms with Crippen molar-refractivity contribution in [2.45, 2.75) is 10.6 Å². The summed E-state index contributed by atoms with van der Waals surface area (Å²) >= 11 is 1.72. The molecule has 0 aliphatic heterocycles. The minimum absolute atomic E-state index is 0.243. The number of benzene rings is 2. The highest BCUT2D eigenvalue weighted by Crippen LogP contribution is 2.24. The predicted octanol–water partition coefficient (Wildman–Crippen LogP) is 2.26. The maximum Gasteiger partial charge on any atom is 0.368 e. The minimum atomic E-state index is -0.243. The summed E-state index contributed by atoms with van der Waals surface area (Å²) in [5.74, 6) is 0.767. The fourth-order valence-corrected chi connectivity index (χ4v) is 2.90. The molecular formula is C15H14N4OS. The van der Waals surface area contributed by atoms with Crippen molar-refractivity contribution < 1.29 is 0 Å². The lowest BCUT2D eigenvalue weighted by atomic mass is 10.2. The highest BCUT2D eigenvalue weighted by atomic mass is 32.2. The Bertz CT molecular complexity index is 795. The number of hydrogen-bond donors (Lipinski definition) is 0. The Kier molecular flexibility index (Phi) is 3.87. The van der Waals surface area contributed by atoms with E-state index in [0.717, 1.165) is 17.0 Å². The lowest BCUT2D eigenvalue weighted by molar-refractivity contribution is 0.692. The molecule has 5 nitrogen and oxygen atoms in total. The van der Waals surface area contributed by atoms with Crippen LogP contribution in [-0.2, 0) is 12.8 Å². The summed E-state index contributed by atoms with van der Waals surface area (Å²) in [6.07, 6.45) is 0. The normalized spacial score (nSPS) is 10.7. The molecule has 106 valence electrons. The van der Waals surface area contributed by atoms with Crippen molar-refractivity contribution in [2.75, 3.05) is 0 Å². The molecule has 0 spiro atoms. The van der Waals surface area contributed by atoms with E-state index in [1.54, 1.807) is 18.8 Å². The number of aryl methyl sites for hydroxylation is 1. The molecule has 0 unspecified atom stereocenters. The molecule has 1 aromatic heterocycles. The van der Waals surface area contributed by atoms with Gasteiger partial charge in [-0.3, -0.25) is 0 Å². The fraction of sp³-hybridized carbons (Fsp3) is 0.133. The number of tetrazole rings is 1. The van der Waals surface area contributed by atoms with Crippen molar-refractivity contribution in [2.24, 2.45) is 7.05 Å². The third-order valence-corrected chi connectivity index (χ3v) is 4.14. The molecule has 0 saturated heterocycles. The lowest BCUT2D eigenvalue weighted by Crippen LogP contribution is -2.22. The zero-order valence-corrected chi connectivity index (χ0v) is 12.3. The summed E-state index contributed by atoms with van der Waals surface area (Å²) in [5.41, 5.74) is 1.58. The molecule has 0 amide bonds. The number of hydrogen-bond acceptors (Lipinski definition) is 4. The highest BCUT2D eigenvalue weighted by Gasteiger charge is 2.10. The van der Waals surface area contributed by atoms with Crippen LogP contribution in [0, 0.1) is 0 Å². The van der Waals surface area contributed by atoms with Gasteiger partial charge >= 0.3 is 5.69 Å². The van der Waals surface area contributed by atoms with Gasteiger partial charge in [-0.2, -0.15) is 9.36 Å². The molecule has 0 bridgehead atoms. The number of rotatable bonds is 4. The maximum absolute atomic E-state index is 12.0. The second-order valence-electron chi connectivity index (χ2n) is 4.53. The van der Waals surface area contributed by atoms with Crippen LogP contribution >= 0.6 is 11.8 Å². The highest BCUT2D eigenvalue weighted by molar-refractivity contribution is 7.98. The second kappa shape index (κ2) is 5.97. The van der Waals surface area contributed by atoms with Gasteiger partial charge in [0.05, 0.1) is 5.69 Å². The molecule has 3 rings (SSSR count). The molecule has 0 atom stereocenters. The van der Waals surface area contributed by atoms with Crippen molar-refractivity contribution >= 4 is 11.8 Å². The van der Waals surface area contributed by atoms with Crippen LogP contribution in [0.2, 0.25) is 0 Å². The molecule has 0 N–H and O–H groups in total. The predicted molar refractivity (Wildman–Crippen MR) is 82.6 cm³/mol. The average Bonchev–Trinajstić information content (AvgIpc) is 2.86. The third kappa shape index (κ3) is 2.90. The van der Waals surface area contributed by atoms with Gasteiger partial charge in [-0.05, 0) is 34.2 Å². The van der Waals surface area contributed by atoms with Crippen molar-refractivity contribution in [3.63, 3.8) is 0 Å². The van der Waals surface area contributed by atoms with Gasteiger partial charge in [0.2, 0.25) is 0 Å². The molecule has 0 aliphatic rings. The Morgan fingerprint density at radius 3 is 2.43 bits per heavy atom. The first kappa shape index (κ1) is 13.6. The molecule has 1 heterocycles. The largest absolute Gasteiger partial charge is 0.368 e. The Hall–Kier alpha value is -2.34. The first-order valence-corrected chi connectivity index (χ1v) is 7.49. The number of nitrogens with zero attached hydrogens (tertiary/aromatic N) is 4. The van der Waals surface area contributed by atoms with E-state index >= 15 is 0 Å². The smallest absolute Gasteiger partial charge is 0.244 e. The van der Waals surface area contributed by atoms with Crippen LogP contribution < -0.4 is 5.69 Å². The van der Waals surface area contributed by atoms with Crippen molar-refractivity contribution in [1.29, 1.82) is 0 Å². The van der Waals surface area contributed by atoms with Gasteiger partial charge in [0.25, 0.3) is 0 Å². The first-order chi connectivity index (χ1) is 10.3. The van der Waals surface area contributed by atoms with Gasteiger partial charge in [-0.1, -0.05) is 36.4 Å². The zero-order chi connectivity index (χ0) is 14.7. The van der Waals surface area contributed by atoms with Crippen LogP contribution in [-0.4, -0.2) is 19.8 Å². The fourth-order valence-electron chi connectivity index (χ4n) is 1.98. The summed E-state index contributed by atoms with van der Waals surface area (Å²) in [6, 6.07) is 17.9. The Morgan fingerprint density at radius 2 is 1.71 bits per heavy atom. The lowest BCUT2D eigenvalue weighted by Gasteiger charge is -2.07. The van der Waals surface area contributed by atoms with E-state index < -0.39 is 0 Å². The third-order valence-electron chi connectivity index (χ3n) is 3.08. The molecule has 2 aromatic carbocycles. The Labute approximate surface area is 126 Å². The topological polar surface area (TPSA) is 52.7 Å². The van der Waals surface area contributed by atoms with Crippen LogP contribution in [0.5, 0.6) is 0 Å². The number of para-hydroxylation sites is 1. The van der Waals surface area contributed by atoms with Crippen LogP contribution in [0.4, 0.5) is 0 Å². The molecule has 0 aliphatic carbocycles. The molecule has 0 saturated carbocycles. The van der Waals surface area contributed by atoms with Crippen molar-refractivity contribution in [3.8, 4) is 5.69 Å². The molecule has 3 aromatic rings. The number of thioether (sulfide) groups is 1. The molecule has 6 heteroatoms. The van der Waals surface area contributed by atoms with Gasteiger partial charge in [-0.15, -0.1) is 11.8 Å². The van der Waals surface area contributed by atoms with Gasteiger partial charge in [-0.25, -0.2) is 4.79 Å². The number of aromatic nitrogens is 4. The van der Waals surface area contributed by atoms with Crippen LogP contribution in [0.1, 0.15) is 5.56 Å². The first-order valence-electron chi connectivity index (χ1n) is 6.51. The van der Waals surface area contributed by atoms with Gasteiger partial charge < -0.3 is 0 Å². The quantitative estimate of drug-likeness (QED) is 0.693.